The van der Waals surface area contributed by atoms with E-state index in [1.54, 1.807) is 0 Å². The molecule has 8 heteroatoms. The molecule has 0 aliphatic carbocycles. The molecule has 0 saturated heterocycles. The molecule has 0 fully saturated rings. The van der Waals surface area contributed by atoms with Crippen molar-refractivity contribution in [2.45, 2.75) is 44.8 Å². The molecule has 0 bridgehead atoms. The summed E-state index contributed by atoms with van der Waals surface area (Å²) in [4.78, 5) is 12.1. The molecule has 1 N–H and O–H groups in total. The molecular weight excluding hydrogens is 351 g/mol. The zero-order valence-corrected chi connectivity index (χ0v) is 15.6. The van der Waals surface area contributed by atoms with Gasteiger partial charge >= 0.3 is 0 Å². The summed E-state index contributed by atoms with van der Waals surface area (Å²) in [6.07, 6.45) is 0. The van der Waals surface area contributed by atoms with E-state index in [2.05, 4.69) is 43.2 Å². The number of carbonyl (C=O) groups excluding carboxylic acids is 1. The van der Waals surface area contributed by atoms with Crippen molar-refractivity contribution in [3.8, 4) is 0 Å². The van der Waals surface area contributed by atoms with E-state index in [9.17, 15) is 9.18 Å². The maximum absolute atomic E-state index is 13.1. The lowest BCUT2D eigenvalue weighted by atomic mass is 10.2. The van der Waals surface area contributed by atoms with E-state index in [0.717, 1.165) is 5.82 Å². The van der Waals surface area contributed by atoms with Gasteiger partial charge in [0.1, 0.15) is 11.6 Å². The molecule has 24 heavy (non-hydrogen) atoms. The Hall–Kier alpha value is -1.60. The summed E-state index contributed by atoms with van der Waals surface area (Å²) in [5, 5.41) is 11.8. The molecule has 2 rings (SSSR count). The highest BCUT2D eigenvalue weighted by atomic mass is 35.5. The van der Waals surface area contributed by atoms with Gasteiger partial charge in [0.05, 0.1) is 10.8 Å². The number of rotatable bonds is 6. The third kappa shape index (κ3) is 4.48. The first kappa shape index (κ1) is 18.7. The second-order valence-corrected chi connectivity index (χ2v) is 7.27. The van der Waals surface area contributed by atoms with Gasteiger partial charge in [0.15, 0.2) is 5.16 Å². The molecule has 2 aromatic rings. The van der Waals surface area contributed by atoms with Crippen LogP contribution in [0.1, 0.15) is 45.5 Å². The number of nitrogens with one attached hydrogen (secondary N) is 1. The number of hydrogen-bond donors (Lipinski definition) is 1. The van der Waals surface area contributed by atoms with Crippen LogP contribution in [0, 0.1) is 5.82 Å². The number of aromatic nitrogens is 3. The Labute approximate surface area is 150 Å². The van der Waals surface area contributed by atoms with Crippen molar-refractivity contribution in [2.24, 2.45) is 0 Å². The molecule has 0 aliphatic heterocycles. The monoisotopic (exact) mass is 370 g/mol. The van der Waals surface area contributed by atoms with E-state index in [4.69, 9.17) is 11.6 Å². The average Bonchev–Trinajstić information content (AvgIpc) is 2.93. The fourth-order valence-corrected chi connectivity index (χ4v) is 3.22. The fraction of sp³-hybridized carbons (Fsp3) is 0.438. The molecule has 0 unspecified atom stereocenters. The normalized spacial score (nSPS) is 11.3. The maximum Gasteiger partial charge on any atom is 0.234 e. The highest BCUT2D eigenvalue weighted by Crippen LogP contribution is 2.25. The topological polar surface area (TPSA) is 59.8 Å². The van der Waals surface area contributed by atoms with Crippen LogP contribution in [-0.4, -0.2) is 26.4 Å². The van der Waals surface area contributed by atoms with E-state index in [0.29, 0.717) is 10.8 Å². The largest absolute Gasteiger partial charge is 0.325 e. The summed E-state index contributed by atoms with van der Waals surface area (Å²) in [6.45, 7) is 8.23. The van der Waals surface area contributed by atoms with Crippen LogP contribution in [0.4, 0.5) is 10.1 Å². The van der Waals surface area contributed by atoms with Gasteiger partial charge in [0.2, 0.25) is 5.91 Å². The highest BCUT2D eigenvalue weighted by Gasteiger charge is 2.18. The standard InChI is InChI=1S/C16H20ClFN4OS/c1-9(2)15-20-21-16(22(15)10(3)4)24-8-14(23)19-11-5-6-13(18)12(17)7-11/h5-7,9-10H,8H2,1-4H3,(H,19,23). The number of hydrogen-bond acceptors (Lipinski definition) is 4. The van der Waals surface area contributed by atoms with Crippen LogP contribution in [0.15, 0.2) is 23.4 Å². The van der Waals surface area contributed by atoms with Gasteiger partial charge in [-0.1, -0.05) is 37.2 Å². The minimum Gasteiger partial charge on any atom is -0.325 e. The average molecular weight is 371 g/mol. The molecular formula is C16H20ClFN4OS. The Morgan fingerprint density at radius 3 is 2.62 bits per heavy atom. The van der Waals surface area contributed by atoms with E-state index < -0.39 is 5.82 Å². The molecule has 0 radical (unpaired) electrons. The van der Waals surface area contributed by atoms with Gasteiger partial charge < -0.3 is 9.88 Å². The van der Waals surface area contributed by atoms with E-state index in [1.807, 2.05) is 4.57 Å². The lowest BCUT2D eigenvalue weighted by Gasteiger charge is -2.15. The summed E-state index contributed by atoms with van der Waals surface area (Å²) in [7, 11) is 0. The van der Waals surface area contributed by atoms with Gasteiger partial charge in [-0.2, -0.15) is 0 Å². The molecule has 0 spiro atoms. The Kier molecular flexibility index (Phi) is 6.23. The lowest BCUT2D eigenvalue weighted by molar-refractivity contribution is -0.113. The second kappa shape index (κ2) is 7.98. The number of anilines is 1. The Bertz CT molecular complexity index is 733. The van der Waals surface area contributed by atoms with Crippen LogP contribution in [0.2, 0.25) is 5.02 Å². The minimum absolute atomic E-state index is 0.0263. The fourth-order valence-electron chi connectivity index (χ4n) is 2.17. The molecule has 1 heterocycles. The van der Waals surface area contributed by atoms with Crippen molar-refractivity contribution in [1.29, 1.82) is 0 Å². The summed E-state index contributed by atoms with van der Waals surface area (Å²) in [5.41, 5.74) is 0.459. The van der Waals surface area contributed by atoms with Crippen molar-refractivity contribution in [3.63, 3.8) is 0 Å². The van der Waals surface area contributed by atoms with Crippen LogP contribution in [0.3, 0.4) is 0 Å². The van der Waals surface area contributed by atoms with Crippen molar-refractivity contribution >= 4 is 35.0 Å². The molecule has 0 atom stereocenters. The predicted molar refractivity (Wildman–Crippen MR) is 95.3 cm³/mol. The Balaban J connectivity index is 2.02. The van der Waals surface area contributed by atoms with Gasteiger partial charge in [0.25, 0.3) is 0 Å². The second-order valence-electron chi connectivity index (χ2n) is 5.92. The van der Waals surface area contributed by atoms with Gasteiger partial charge in [-0.15, -0.1) is 10.2 Å². The first-order valence-corrected chi connectivity index (χ1v) is 8.98. The third-order valence-electron chi connectivity index (χ3n) is 3.26. The Morgan fingerprint density at radius 1 is 1.33 bits per heavy atom. The van der Waals surface area contributed by atoms with Gasteiger partial charge in [-0.25, -0.2) is 4.39 Å². The SMILES string of the molecule is CC(C)c1nnc(SCC(=O)Nc2ccc(F)c(Cl)c2)n1C(C)C. The van der Waals surface area contributed by atoms with Crippen LogP contribution < -0.4 is 5.32 Å². The van der Waals surface area contributed by atoms with Crippen molar-refractivity contribution < 1.29 is 9.18 Å². The number of carbonyl (C=O) groups is 1. The molecule has 1 aromatic heterocycles. The van der Waals surface area contributed by atoms with Crippen molar-refractivity contribution in [2.75, 3.05) is 11.1 Å². The number of nitrogens with zero attached hydrogens (tertiary/aromatic N) is 3. The summed E-state index contributed by atoms with van der Waals surface area (Å²) in [5.74, 6) is 0.600. The predicted octanol–water partition coefficient (Wildman–Crippen LogP) is 4.51. The summed E-state index contributed by atoms with van der Waals surface area (Å²) < 4.78 is 15.2. The van der Waals surface area contributed by atoms with Crippen molar-refractivity contribution in [1.82, 2.24) is 14.8 Å². The maximum atomic E-state index is 13.1. The summed E-state index contributed by atoms with van der Waals surface area (Å²) >= 11 is 7.02. The number of benzene rings is 1. The zero-order chi connectivity index (χ0) is 17.9. The molecule has 5 nitrogen and oxygen atoms in total. The van der Waals surface area contributed by atoms with Gasteiger partial charge in [-0.05, 0) is 32.0 Å². The molecule has 0 aliphatic rings. The number of halogens is 2. The van der Waals surface area contributed by atoms with Crippen LogP contribution in [0.25, 0.3) is 0 Å². The first-order valence-electron chi connectivity index (χ1n) is 7.62. The minimum atomic E-state index is -0.518. The summed E-state index contributed by atoms with van der Waals surface area (Å²) in [6, 6.07) is 4.28. The third-order valence-corrected chi connectivity index (χ3v) is 4.49. The first-order chi connectivity index (χ1) is 11.3. The van der Waals surface area contributed by atoms with Crippen LogP contribution in [-0.2, 0) is 4.79 Å². The van der Waals surface area contributed by atoms with Crippen LogP contribution >= 0.6 is 23.4 Å². The number of amides is 1. The van der Waals surface area contributed by atoms with Gasteiger partial charge in [0, 0.05) is 17.6 Å². The quantitative estimate of drug-likeness (QED) is 0.760. The van der Waals surface area contributed by atoms with Gasteiger partial charge in [-0.3, -0.25) is 4.79 Å². The van der Waals surface area contributed by atoms with E-state index in [-0.39, 0.29) is 28.6 Å². The molecule has 1 amide bonds. The van der Waals surface area contributed by atoms with E-state index in [1.165, 1.54) is 30.0 Å². The molecule has 1 aromatic carbocycles. The van der Waals surface area contributed by atoms with E-state index >= 15 is 0 Å². The highest BCUT2D eigenvalue weighted by molar-refractivity contribution is 7.99. The Morgan fingerprint density at radius 2 is 2.04 bits per heavy atom. The smallest absolute Gasteiger partial charge is 0.234 e. The number of thioether (sulfide) groups is 1. The van der Waals surface area contributed by atoms with Crippen LogP contribution in [0.5, 0.6) is 0 Å². The zero-order valence-electron chi connectivity index (χ0n) is 14.0. The molecule has 0 saturated carbocycles. The lowest BCUT2D eigenvalue weighted by Crippen LogP contribution is -2.15. The van der Waals surface area contributed by atoms with Crippen molar-refractivity contribution in [3.05, 3.63) is 34.9 Å². The molecule has 130 valence electrons.